The molecule has 3 aromatic heterocycles. The first-order valence-corrected chi connectivity index (χ1v) is 7.58. The lowest BCUT2D eigenvalue weighted by Gasteiger charge is -2.07. The van der Waals surface area contributed by atoms with Gasteiger partial charge in [-0.2, -0.15) is 0 Å². The summed E-state index contributed by atoms with van der Waals surface area (Å²) >= 11 is 0. The quantitative estimate of drug-likeness (QED) is 0.686. The maximum atomic E-state index is 12.3. The van der Waals surface area contributed by atoms with Crippen molar-refractivity contribution in [3.8, 4) is 0 Å². The molecule has 0 fully saturated rings. The molecular formula is C15H17N7O3. The van der Waals surface area contributed by atoms with Gasteiger partial charge in [-0.15, -0.1) is 0 Å². The zero-order chi connectivity index (χ0) is 18.1. The smallest absolute Gasteiger partial charge is 0.324 e. The molecule has 0 aromatic carbocycles. The van der Waals surface area contributed by atoms with Crippen molar-refractivity contribution in [2.24, 2.45) is 14.1 Å². The van der Waals surface area contributed by atoms with E-state index in [1.807, 2.05) is 0 Å². The van der Waals surface area contributed by atoms with Crippen molar-refractivity contribution in [3.05, 3.63) is 45.3 Å². The summed E-state index contributed by atoms with van der Waals surface area (Å²) in [5.41, 5.74) is 0.438. The van der Waals surface area contributed by atoms with Gasteiger partial charge in [0.15, 0.2) is 11.2 Å². The predicted octanol–water partition coefficient (Wildman–Crippen LogP) is -0.439. The summed E-state index contributed by atoms with van der Waals surface area (Å²) in [6, 6.07) is 1.66. The number of nitrogens with one attached hydrogen (secondary N) is 1. The molecule has 0 aliphatic heterocycles. The number of nitrogens with zero attached hydrogens (tertiary/aromatic N) is 6. The minimum Gasteiger partial charge on any atom is -0.324 e. The third-order valence-electron chi connectivity index (χ3n) is 3.87. The SMILES string of the molecule is Cc1cc(NC(=O)CCn2cnc3c2c(=O)n(C)c(=O)n3C)ncn1. The molecule has 1 N–H and O–H groups in total. The molecule has 0 atom stereocenters. The lowest BCUT2D eigenvalue weighted by molar-refractivity contribution is -0.116. The Kier molecular flexibility index (Phi) is 4.17. The van der Waals surface area contributed by atoms with Crippen LogP contribution in [0.25, 0.3) is 11.2 Å². The highest BCUT2D eigenvalue weighted by molar-refractivity contribution is 5.89. The van der Waals surface area contributed by atoms with Crippen molar-refractivity contribution in [2.45, 2.75) is 19.9 Å². The number of hydrogen-bond acceptors (Lipinski definition) is 6. The highest BCUT2D eigenvalue weighted by atomic mass is 16.2. The fourth-order valence-corrected chi connectivity index (χ4v) is 2.52. The predicted molar refractivity (Wildman–Crippen MR) is 90.2 cm³/mol. The number of amides is 1. The number of carbonyl (C=O) groups excluding carboxylic acids is 1. The Labute approximate surface area is 141 Å². The number of hydrogen-bond donors (Lipinski definition) is 1. The summed E-state index contributed by atoms with van der Waals surface area (Å²) in [5, 5.41) is 2.68. The van der Waals surface area contributed by atoms with E-state index in [1.54, 1.807) is 24.6 Å². The Hall–Kier alpha value is -3.30. The van der Waals surface area contributed by atoms with Gasteiger partial charge in [-0.1, -0.05) is 0 Å². The number of imidazole rings is 1. The molecule has 0 bridgehead atoms. The normalized spacial score (nSPS) is 11.0. The topological polar surface area (TPSA) is 117 Å². The van der Waals surface area contributed by atoms with E-state index in [2.05, 4.69) is 20.3 Å². The van der Waals surface area contributed by atoms with Crippen LogP contribution >= 0.6 is 0 Å². The van der Waals surface area contributed by atoms with Gasteiger partial charge in [0.1, 0.15) is 12.1 Å². The Balaban J connectivity index is 1.81. The third-order valence-corrected chi connectivity index (χ3v) is 3.87. The molecule has 10 heteroatoms. The van der Waals surface area contributed by atoms with Gasteiger partial charge in [0.25, 0.3) is 5.56 Å². The summed E-state index contributed by atoms with van der Waals surface area (Å²) in [4.78, 5) is 48.4. The van der Waals surface area contributed by atoms with Crippen LogP contribution in [0.4, 0.5) is 5.82 Å². The van der Waals surface area contributed by atoms with Gasteiger partial charge in [-0.05, 0) is 6.92 Å². The Morgan fingerprint density at radius 2 is 1.92 bits per heavy atom. The Bertz CT molecular complexity index is 1080. The fourth-order valence-electron chi connectivity index (χ4n) is 2.52. The molecule has 0 aliphatic rings. The fraction of sp³-hybridized carbons (Fsp3) is 0.333. The van der Waals surface area contributed by atoms with Gasteiger partial charge < -0.3 is 9.88 Å². The third kappa shape index (κ3) is 3.05. The molecule has 0 aliphatic carbocycles. The minimum atomic E-state index is -0.445. The number of carbonyl (C=O) groups is 1. The van der Waals surface area contributed by atoms with Crippen LogP contribution in [-0.4, -0.2) is 34.6 Å². The van der Waals surface area contributed by atoms with E-state index in [-0.39, 0.29) is 24.4 Å². The van der Waals surface area contributed by atoms with Crippen LogP contribution in [0.2, 0.25) is 0 Å². The second-order valence-electron chi connectivity index (χ2n) is 5.66. The van der Waals surface area contributed by atoms with E-state index in [4.69, 9.17) is 0 Å². The largest absolute Gasteiger partial charge is 0.332 e. The van der Waals surface area contributed by atoms with Crippen molar-refractivity contribution in [3.63, 3.8) is 0 Å². The van der Waals surface area contributed by atoms with E-state index in [9.17, 15) is 14.4 Å². The van der Waals surface area contributed by atoms with E-state index >= 15 is 0 Å². The number of anilines is 1. The van der Waals surface area contributed by atoms with Crippen LogP contribution in [0.5, 0.6) is 0 Å². The molecule has 0 saturated carbocycles. The molecule has 1 amide bonds. The summed E-state index contributed by atoms with van der Waals surface area (Å²) in [6.45, 7) is 2.05. The zero-order valence-electron chi connectivity index (χ0n) is 14.1. The van der Waals surface area contributed by atoms with Crippen molar-refractivity contribution >= 4 is 22.9 Å². The summed E-state index contributed by atoms with van der Waals surface area (Å²) < 4.78 is 3.89. The maximum absolute atomic E-state index is 12.3. The first-order chi connectivity index (χ1) is 11.9. The monoisotopic (exact) mass is 343 g/mol. The molecule has 3 heterocycles. The second-order valence-corrected chi connectivity index (χ2v) is 5.66. The van der Waals surface area contributed by atoms with Gasteiger partial charge >= 0.3 is 5.69 Å². The molecular weight excluding hydrogens is 326 g/mol. The Morgan fingerprint density at radius 1 is 1.16 bits per heavy atom. The molecule has 130 valence electrons. The molecule has 0 unspecified atom stereocenters. The van der Waals surface area contributed by atoms with Gasteiger partial charge in [0.05, 0.1) is 6.33 Å². The van der Waals surface area contributed by atoms with E-state index in [0.29, 0.717) is 11.5 Å². The molecule has 25 heavy (non-hydrogen) atoms. The van der Waals surface area contributed by atoms with Crippen LogP contribution < -0.4 is 16.6 Å². The van der Waals surface area contributed by atoms with Gasteiger partial charge in [-0.3, -0.25) is 18.7 Å². The number of aromatic nitrogens is 6. The van der Waals surface area contributed by atoms with Crippen LogP contribution in [-0.2, 0) is 25.4 Å². The number of aryl methyl sites for hydroxylation is 3. The summed E-state index contributed by atoms with van der Waals surface area (Å²) in [7, 11) is 2.96. The number of fused-ring (bicyclic) bond motifs is 1. The molecule has 0 saturated heterocycles. The average molecular weight is 343 g/mol. The lowest BCUT2D eigenvalue weighted by atomic mass is 10.3. The molecule has 10 nitrogen and oxygen atoms in total. The van der Waals surface area contributed by atoms with Crippen LogP contribution in [0.15, 0.2) is 28.3 Å². The molecule has 3 rings (SSSR count). The molecule has 0 spiro atoms. The minimum absolute atomic E-state index is 0.126. The van der Waals surface area contributed by atoms with Crippen molar-refractivity contribution in [2.75, 3.05) is 5.32 Å². The van der Waals surface area contributed by atoms with Crippen LogP contribution in [0.3, 0.4) is 0 Å². The summed E-state index contributed by atoms with van der Waals surface area (Å²) in [6.07, 6.45) is 2.95. The molecule has 3 aromatic rings. The Morgan fingerprint density at radius 3 is 2.64 bits per heavy atom. The van der Waals surface area contributed by atoms with Gasteiger partial charge in [0, 0.05) is 38.8 Å². The van der Waals surface area contributed by atoms with E-state index < -0.39 is 11.2 Å². The molecule has 0 radical (unpaired) electrons. The zero-order valence-corrected chi connectivity index (χ0v) is 14.1. The lowest BCUT2D eigenvalue weighted by Crippen LogP contribution is -2.37. The van der Waals surface area contributed by atoms with Gasteiger partial charge in [-0.25, -0.2) is 19.7 Å². The van der Waals surface area contributed by atoms with E-state index in [1.165, 1.54) is 24.3 Å². The van der Waals surface area contributed by atoms with E-state index in [0.717, 1.165) is 10.3 Å². The first-order valence-electron chi connectivity index (χ1n) is 7.58. The first kappa shape index (κ1) is 16.6. The van der Waals surface area contributed by atoms with Crippen molar-refractivity contribution < 1.29 is 4.79 Å². The highest BCUT2D eigenvalue weighted by Crippen LogP contribution is 2.08. The number of rotatable bonds is 4. The van der Waals surface area contributed by atoms with Crippen LogP contribution in [0, 0.1) is 6.92 Å². The van der Waals surface area contributed by atoms with Crippen LogP contribution in [0.1, 0.15) is 12.1 Å². The van der Waals surface area contributed by atoms with Crippen molar-refractivity contribution in [1.29, 1.82) is 0 Å². The standard InChI is InChI=1S/C15H17N7O3/c1-9-6-10(17-7-16-9)19-11(23)4-5-22-8-18-13-12(22)14(24)21(3)15(25)20(13)2/h6-8H,4-5H2,1-3H3,(H,16,17,19,23). The average Bonchev–Trinajstić information content (AvgIpc) is 3.00. The maximum Gasteiger partial charge on any atom is 0.332 e. The highest BCUT2D eigenvalue weighted by Gasteiger charge is 2.15. The van der Waals surface area contributed by atoms with Crippen molar-refractivity contribution in [1.82, 2.24) is 28.7 Å². The van der Waals surface area contributed by atoms with Gasteiger partial charge in [0.2, 0.25) is 5.91 Å². The summed E-state index contributed by atoms with van der Waals surface area (Å²) in [5.74, 6) is 0.174. The second kappa shape index (κ2) is 6.30.